The molecule has 2 aromatic rings. The third kappa shape index (κ3) is 5.79. The molecule has 1 fully saturated rings. The summed E-state index contributed by atoms with van der Waals surface area (Å²) >= 11 is 2.97. The van der Waals surface area contributed by atoms with Crippen LogP contribution in [0.5, 0.6) is 0 Å². The molecule has 0 bridgehead atoms. The van der Waals surface area contributed by atoms with E-state index in [-0.39, 0.29) is 29.0 Å². The van der Waals surface area contributed by atoms with E-state index in [4.69, 9.17) is 4.74 Å². The van der Waals surface area contributed by atoms with Crippen molar-refractivity contribution in [2.45, 2.75) is 68.4 Å². The van der Waals surface area contributed by atoms with Crippen molar-refractivity contribution in [3.05, 3.63) is 40.3 Å². The van der Waals surface area contributed by atoms with Crippen LogP contribution in [0.1, 0.15) is 66.2 Å². The Morgan fingerprint density at radius 3 is 2.67 bits per heavy atom. The van der Waals surface area contributed by atoms with Crippen LogP contribution in [-0.4, -0.2) is 30.1 Å². The fourth-order valence-corrected chi connectivity index (χ4v) is 6.36. The summed E-state index contributed by atoms with van der Waals surface area (Å²) in [6.07, 6.45) is 7.62. The van der Waals surface area contributed by atoms with Crippen LogP contribution >= 0.6 is 23.1 Å². The number of hydrogen-bond acceptors (Lipinski definition) is 6. The number of fused-ring (bicyclic) bond motifs is 1. The summed E-state index contributed by atoms with van der Waals surface area (Å²) in [6.45, 7) is 1.97. The van der Waals surface area contributed by atoms with Crippen LogP contribution in [0.4, 0.5) is 10.7 Å². The number of amides is 2. The van der Waals surface area contributed by atoms with Crippen LogP contribution in [0.3, 0.4) is 0 Å². The number of aryl methyl sites for hydroxylation is 1. The molecule has 2 aliphatic rings. The summed E-state index contributed by atoms with van der Waals surface area (Å²) in [6, 6.07) is 7.61. The number of anilines is 2. The van der Waals surface area contributed by atoms with E-state index in [1.807, 2.05) is 31.2 Å². The maximum absolute atomic E-state index is 13.2. The number of hydrogen-bond donors (Lipinski definition) is 2. The van der Waals surface area contributed by atoms with Gasteiger partial charge >= 0.3 is 5.97 Å². The molecule has 0 aliphatic heterocycles. The second kappa shape index (κ2) is 10.7. The summed E-state index contributed by atoms with van der Waals surface area (Å²) in [5, 5.41) is 6.27. The van der Waals surface area contributed by atoms with Gasteiger partial charge in [0.05, 0.1) is 17.9 Å². The number of benzene rings is 1. The summed E-state index contributed by atoms with van der Waals surface area (Å²) < 4.78 is 5.05. The molecule has 1 atom stereocenters. The predicted molar refractivity (Wildman–Crippen MR) is 133 cm³/mol. The maximum atomic E-state index is 13.2. The van der Waals surface area contributed by atoms with Gasteiger partial charge in [0.2, 0.25) is 11.8 Å². The minimum absolute atomic E-state index is 0.0646. The molecule has 4 rings (SSSR count). The molecule has 2 aliphatic carbocycles. The Kier molecular flexibility index (Phi) is 7.75. The number of carbonyl (C=O) groups excluding carboxylic acids is 3. The van der Waals surface area contributed by atoms with Gasteiger partial charge in [0.1, 0.15) is 5.00 Å². The molecule has 2 N–H and O–H groups in total. The zero-order chi connectivity index (χ0) is 23.4. The molecule has 1 unspecified atom stereocenters. The van der Waals surface area contributed by atoms with Crippen molar-refractivity contribution in [3.63, 3.8) is 0 Å². The molecule has 1 aromatic heterocycles. The van der Waals surface area contributed by atoms with Crippen molar-refractivity contribution in [3.8, 4) is 0 Å². The molecule has 8 heteroatoms. The Hall–Kier alpha value is -2.32. The fourth-order valence-electron chi connectivity index (χ4n) is 4.06. The van der Waals surface area contributed by atoms with Gasteiger partial charge in [0.25, 0.3) is 0 Å². The van der Waals surface area contributed by atoms with Crippen LogP contribution < -0.4 is 10.6 Å². The minimum atomic E-state index is -0.385. The third-order valence-electron chi connectivity index (χ3n) is 6.04. The van der Waals surface area contributed by atoms with Crippen molar-refractivity contribution in [2.24, 2.45) is 5.92 Å². The van der Waals surface area contributed by atoms with E-state index in [2.05, 4.69) is 10.6 Å². The Labute approximate surface area is 202 Å². The van der Waals surface area contributed by atoms with E-state index >= 15 is 0 Å². The Bertz CT molecular complexity index is 1050. The van der Waals surface area contributed by atoms with Crippen LogP contribution in [0.2, 0.25) is 0 Å². The largest absolute Gasteiger partial charge is 0.465 e. The zero-order valence-corrected chi connectivity index (χ0v) is 20.7. The lowest BCUT2D eigenvalue weighted by molar-refractivity contribution is -0.117. The number of nitrogens with one attached hydrogen (secondary N) is 2. The van der Waals surface area contributed by atoms with Gasteiger partial charge < -0.3 is 15.4 Å². The highest BCUT2D eigenvalue weighted by Crippen LogP contribution is 2.39. The molecule has 1 heterocycles. The van der Waals surface area contributed by atoms with Crippen LogP contribution in [0.25, 0.3) is 0 Å². The first-order chi connectivity index (χ1) is 16.0. The summed E-state index contributed by atoms with van der Waals surface area (Å²) in [5.74, 6) is -0.309. The second-order valence-corrected chi connectivity index (χ2v) is 10.9. The van der Waals surface area contributed by atoms with Crippen LogP contribution in [0, 0.1) is 5.92 Å². The fraction of sp³-hybridized carbons (Fsp3) is 0.480. The van der Waals surface area contributed by atoms with Gasteiger partial charge in [-0.15, -0.1) is 23.1 Å². The van der Waals surface area contributed by atoms with E-state index in [0.717, 1.165) is 61.1 Å². The first kappa shape index (κ1) is 23.8. The van der Waals surface area contributed by atoms with E-state index in [9.17, 15) is 14.4 Å². The van der Waals surface area contributed by atoms with Crippen molar-refractivity contribution in [1.29, 1.82) is 0 Å². The molecule has 6 nitrogen and oxygen atoms in total. The molecule has 1 aromatic carbocycles. The van der Waals surface area contributed by atoms with Crippen LogP contribution in [-0.2, 0) is 27.2 Å². The SMILES string of the molecule is CCC(Sc1cccc(NC(=O)C2CC2)c1)C(=O)Nc1sc2c(c1C(=O)OC)CCCCC2. The summed E-state index contributed by atoms with van der Waals surface area (Å²) in [7, 11) is 1.38. The topological polar surface area (TPSA) is 84.5 Å². The molecular formula is C25H30N2O4S2. The highest BCUT2D eigenvalue weighted by Gasteiger charge is 2.30. The third-order valence-corrected chi connectivity index (χ3v) is 8.60. The number of esters is 1. The summed E-state index contributed by atoms with van der Waals surface area (Å²) in [5.41, 5.74) is 2.32. The molecular weight excluding hydrogens is 456 g/mol. The van der Waals surface area contributed by atoms with Crippen molar-refractivity contribution in [2.75, 3.05) is 17.7 Å². The first-order valence-electron chi connectivity index (χ1n) is 11.6. The van der Waals surface area contributed by atoms with Crippen molar-refractivity contribution >= 4 is 51.6 Å². The Morgan fingerprint density at radius 1 is 1.15 bits per heavy atom. The Balaban J connectivity index is 1.48. The number of rotatable bonds is 8. The molecule has 33 heavy (non-hydrogen) atoms. The number of thioether (sulfide) groups is 1. The van der Waals surface area contributed by atoms with Gasteiger partial charge in [-0.2, -0.15) is 0 Å². The van der Waals surface area contributed by atoms with Gasteiger partial charge in [-0.1, -0.05) is 19.4 Å². The molecule has 1 saturated carbocycles. The van der Waals surface area contributed by atoms with E-state index in [0.29, 0.717) is 17.0 Å². The Morgan fingerprint density at radius 2 is 1.94 bits per heavy atom. The van der Waals surface area contributed by atoms with E-state index in [1.54, 1.807) is 0 Å². The normalized spacial score (nSPS) is 16.3. The molecule has 0 spiro atoms. The predicted octanol–water partition coefficient (Wildman–Crippen LogP) is 5.66. The summed E-state index contributed by atoms with van der Waals surface area (Å²) in [4.78, 5) is 39.9. The van der Waals surface area contributed by atoms with Gasteiger partial charge in [-0.3, -0.25) is 9.59 Å². The van der Waals surface area contributed by atoms with Gasteiger partial charge in [-0.25, -0.2) is 4.79 Å². The average molecular weight is 487 g/mol. The van der Waals surface area contributed by atoms with Crippen molar-refractivity contribution < 1.29 is 19.1 Å². The monoisotopic (exact) mass is 486 g/mol. The van der Waals surface area contributed by atoms with Crippen molar-refractivity contribution in [1.82, 2.24) is 0 Å². The number of methoxy groups -OCH3 is 1. The minimum Gasteiger partial charge on any atom is -0.465 e. The van der Waals surface area contributed by atoms with E-state index in [1.165, 1.54) is 35.1 Å². The zero-order valence-electron chi connectivity index (χ0n) is 19.1. The molecule has 0 saturated heterocycles. The smallest absolute Gasteiger partial charge is 0.341 e. The van der Waals surface area contributed by atoms with Gasteiger partial charge in [0.15, 0.2) is 0 Å². The number of ether oxygens (including phenoxy) is 1. The van der Waals surface area contributed by atoms with Crippen LogP contribution in [0.15, 0.2) is 29.2 Å². The van der Waals surface area contributed by atoms with E-state index < -0.39 is 0 Å². The first-order valence-corrected chi connectivity index (χ1v) is 13.3. The lowest BCUT2D eigenvalue weighted by Gasteiger charge is -2.15. The number of thiophene rings is 1. The van der Waals surface area contributed by atoms with Gasteiger partial charge in [0, 0.05) is 21.4 Å². The maximum Gasteiger partial charge on any atom is 0.341 e. The molecule has 2 amide bonds. The second-order valence-electron chi connectivity index (χ2n) is 8.56. The lowest BCUT2D eigenvalue weighted by atomic mass is 10.1. The highest BCUT2D eigenvalue weighted by atomic mass is 32.2. The average Bonchev–Trinajstić information content (AvgIpc) is 3.63. The molecule has 176 valence electrons. The van der Waals surface area contributed by atoms with Gasteiger partial charge in [-0.05, 0) is 68.7 Å². The lowest BCUT2D eigenvalue weighted by Crippen LogP contribution is -2.25. The highest BCUT2D eigenvalue weighted by molar-refractivity contribution is 8.00. The molecule has 0 radical (unpaired) electrons. The standard InChI is InChI=1S/C25H30N2O4S2/c1-3-19(32-17-9-7-8-16(14-17)26-22(28)15-12-13-15)23(29)27-24-21(25(30)31-2)18-10-5-4-6-11-20(18)33-24/h7-9,14-15,19H,3-6,10-13H2,1-2H3,(H,26,28)(H,27,29). The number of carbonyl (C=O) groups is 3. The quantitative estimate of drug-likeness (QED) is 0.286.